The lowest BCUT2D eigenvalue weighted by Gasteiger charge is -2.24. The number of anilines is 1. The Morgan fingerprint density at radius 1 is 1.15 bits per heavy atom. The van der Waals surface area contributed by atoms with Gasteiger partial charge in [-0.3, -0.25) is 0 Å². The highest BCUT2D eigenvalue weighted by Gasteiger charge is 2.23. The molecule has 0 aliphatic rings. The number of halogens is 1. The molecule has 0 spiro atoms. The Kier molecular flexibility index (Phi) is 4.37. The lowest BCUT2D eigenvalue weighted by atomic mass is 9.94. The number of hydrogen-bond donors (Lipinski definition) is 1. The fourth-order valence-electron chi connectivity index (χ4n) is 2.07. The average Bonchev–Trinajstić information content (AvgIpc) is 2.46. The first-order valence-electron chi connectivity index (χ1n) is 6.60. The van der Waals surface area contributed by atoms with E-state index in [4.69, 9.17) is 0 Å². The van der Waals surface area contributed by atoms with E-state index in [9.17, 15) is 9.65 Å². The summed E-state index contributed by atoms with van der Waals surface area (Å²) in [5.41, 5.74) is 1.10. The van der Waals surface area contributed by atoms with Crippen molar-refractivity contribution in [2.45, 2.75) is 25.3 Å². The molecular weight excluding hydrogens is 251 g/mol. The largest absolute Gasteiger partial charge is 0.367 e. The van der Waals surface area contributed by atoms with Crippen molar-refractivity contribution in [2.24, 2.45) is 0 Å². The van der Waals surface area contributed by atoms with Gasteiger partial charge in [0, 0.05) is 5.69 Å². The van der Waals surface area contributed by atoms with E-state index in [0.29, 0.717) is 12.1 Å². The third kappa shape index (κ3) is 3.83. The SMILES string of the molecule is CC(C#N)(CCc1ccccc1)Nc1cccc(F)c1. The van der Waals surface area contributed by atoms with Crippen LogP contribution in [0.15, 0.2) is 54.6 Å². The minimum atomic E-state index is -0.719. The van der Waals surface area contributed by atoms with Gasteiger partial charge in [-0.25, -0.2) is 4.39 Å². The minimum absolute atomic E-state index is 0.307. The molecule has 3 heteroatoms. The summed E-state index contributed by atoms with van der Waals surface area (Å²) >= 11 is 0. The van der Waals surface area contributed by atoms with Crippen LogP contribution in [0.5, 0.6) is 0 Å². The van der Waals surface area contributed by atoms with Crippen molar-refractivity contribution in [2.75, 3.05) is 5.32 Å². The number of nitriles is 1. The van der Waals surface area contributed by atoms with Gasteiger partial charge >= 0.3 is 0 Å². The van der Waals surface area contributed by atoms with Crippen LogP contribution in [0, 0.1) is 17.1 Å². The van der Waals surface area contributed by atoms with E-state index in [-0.39, 0.29) is 5.82 Å². The molecule has 1 atom stereocenters. The molecule has 0 aromatic heterocycles. The Balaban J connectivity index is 2.04. The monoisotopic (exact) mass is 268 g/mol. The van der Waals surface area contributed by atoms with Crippen molar-refractivity contribution in [3.63, 3.8) is 0 Å². The van der Waals surface area contributed by atoms with Gasteiger partial charge in [0.05, 0.1) is 6.07 Å². The molecule has 2 aromatic carbocycles. The molecule has 2 rings (SSSR count). The summed E-state index contributed by atoms with van der Waals surface area (Å²) in [6.07, 6.45) is 1.46. The maximum absolute atomic E-state index is 13.2. The molecule has 20 heavy (non-hydrogen) atoms. The van der Waals surface area contributed by atoms with E-state index in [1.807, 2.05) is 37.3 Å². The van der Waals surface area contributed by atoms with E-state index in [1.54, 1.807) is 12.1 Å². The standard InChI is InChI=1S/C17H17FN2/c1-17(13-19,11-10-14-6-3-2-4-7-14)20-16-9-5-8-15(18)12-16/h2-9,12,20H,10-11H2,1H3. The Hall–Kier alpha value is -2.34. The first-order chi connectivity index (χ1) is 9.61. The zero-order chi connectivity index (χ0) is 14.4. The summed E-state index contributed by atoms with van der Waals surface area (Å²) in [5, 5.41) is 12.5. The Morgan fingerprint density at radius 3 is 2.55 bits per heavy atom. The third-order valence-corrected chi connectivity index (χ3v) is 3.25. The first-order valence-corrected chi connectivity index (χ1v) is 6.60. The molecule has 0 fully saturated rings. The third-order valence-electron chi connectivity index (χ3n) is 3.25. The molecule has 2 nitrogen and oxygen atoms in total. The van der Waals surface area contributed by atoms with Crippen LogP contribution in [0.2, 0.25) is 0 Å². The van der Waals surface area contributed by atoms with Gasteiger partial charge in [0.1, 0.15) is 11.4 Å². The van der Waals surface area contributed by atoms with Gasteiger partial charge < -0.3 is 5.32 Å². The molecule has 0 radical (unpaired) electrons. The number of nitrogens with one attached hydrogen (secondary N) is 1. The van der Waals surface area contributed by atoms with Crippen molar-refractivity contribution in [3.8, 4) is 6.07 Å². The van der Waals surface area contributed by atoms with E-state index in [0.717, 1.165) is 6.42 Å². The minimum Gasteiger partial charge on any atom is -0.367 e. The van der Waals surface area contributed by atoms with Gasteiger partial charge in [-0.05, 0) is 43.5 Å². The normalized spacial score (nSPS) is 13.2. The predicted molar refractivity (Wildman–Crippen MR) is 78.8 cm³/mol. The van der Waals surface area contributed by atoms with Crippen molar-refractivity contribution in [1.29, 1.82) is 5.26 Å². The smallest absolute Gasteiger partial charge is 0.125 e. The van der Waals surface area contributed by atoms with Crippen LogP contribution in [0.25, 0.3) is 0 Å². The number of rotatable bonds is 5. The topological polar surface area (TPSA) is 35.8 Å². The number of hydrogen-bond acceptors (Lipinski definition) is 2. The van der Waals surface area contributed by atoms with Crippen LogP contribution in [0.3, 0.4) is 0 Å². The summed E-state index contributed by atoms with van der Waals surface area (Å²) in [6, 6.07) is 18.5. The van der Waals surface area contributed by atoms with Gasteiger partial charge in [-0.15, -0.1) is 0 Å². The predicted octanol–water partition coefficient (Wildman–Crippen LogP) is 4.15. The summed E-state index contributed by atoms with van der Waals surface area (Å²) in [4.78, 5) is 0. The van der Waals surface area contributed by atoms with Gasteiger partial charge in [0.25, 0.3) is 0 Å². The summed E-state index contributed by atoms with van der Waals surface area (Å²) in [6.45, 7) is 1.83. The Bertz CT molecular complexity index is 604. The fourth-order valence-corrected chi connectivity index (χ4v) is 2.07. The van der Waals surface area contributed by atoms with Crippen LogP contribution >= 0.6 is 0 Å². The zero-order valence-corrected chi connectivity index (χ0v) is 11.4. The van der Waals surface area contributed by atoms with Gasteiger partial charge in [0.15, 0.2) is 0 Å². The maximum atomic E-state index is 13.2. The van der Waals surface area contributed by atoms with Crippen molar-refractivity contribution in [1.82, 2.24) is 0 Å². The fraction of sp³-hybridized carbons (Fsp3) is 0.235. The summed E-state index contributed by atoms with van der Waals surface area (Å²) in [5.74, 6) is -0.307. The highest BCUT2D eigenvalue weighted by molar-refractivity contribution is 5.47. The van der Waals surface area contributed by atoms with Crippen molar-refractivity contribution < 1.29 is 4.39 Å². The number of nitrogens with zero attached hydrogens (tertiary/aromatic N) is 1. The van der Waals surface area contributed by atoms with E-state index in [2.05, 4.69) is 11.4 Å². The molecule has 0 saturated carbocycles. The molecule has 0 saturated heterocycles. The lowest BCUT2D eigenvalue weighted by molar-refractivity contribution is 0.586. The Morgan fingerprint density at radius 2 is 1.90 bits per heavy atom. The second kappa shape index (κ2) is 6.21. The Labute approximate surface area is 118 Å². The maximum Gasteiger partial charge on any atom is 0.125 e. The molecule has 2 aromatic rings. The highest BCUT2D eigenvalue weighted by atomic mass is 19.1. The zero-order valence-electron chi connectivity index (χ0n) is 11.4. The van der Waals surface area contributed by atoms with Crippen LogP contribution < -0.4 is 5.32 Å². The molecule has 1 N–H and O–H groups in total. The molecule has 0 heterocycles. The molecular formula is C17H17FN2. The average molecular weight is 268 g/mol. The van der Waals surface area contributed by atoms with E-state index < -0.39 is 5.54 Å². The second-order valence-electron chi connectivity index (χ2n) is 5.06. The molecule has 102 valence electrons. The van der Waals surface area contributed by atoms with Crippen molar-refractivity contribution >= 4 is 5.69 Å². The van der Waals surface area contributed by atoms with Crippen molar-refractivity contribution in [3.05, 3.63) is 66.0 Å². The van der Waals surface area contributed by atoms with Gasteiger partial charge in [-0.1, -0.05) is 36.4 Å². The first kappa shape index (κ1) is 14.1. The van der Waals surface area contributed by atoms with Gasteiger partial charge in [0.2, 0.25) is 0 Å². The second-order valence-corrected chi connectivity index (χ2v) is 5.06. The molecule has 0 amide bonds. The van der Waals surface area contributed by atoms with Crippen LogP contribution in [-0.4, -0.2) is 5.54 Å². The van der Waals surface area contributed by atoms with Crippen LogP contribution in [0.4, 0.5) is 10.1 Å². The molecule has 1 unspecified atom stereocenters. The molecule has 0 aliphatic carbocycles. The lowest BCUT2D eigenvalue weighted by Crippen LogP contribution is -2.33. The summed E-state index contributed by atoms with van der Waals surface area (Å²) < 4.78 is 13.2. The van der Waals surface area contributed by atoms with Crippen LogP contribution in [-0.2, 0) is 6.42 Å². The highest BCUT2D eigenvalue weighted by Crippen LogP contribution is 2.20. The van der Waals surface area contributed by atoms with E-state index >= 15 is 0 Å². The molecule has 0 aliphatic heterocycles. The van der Waals surface area contributed by atoms with Gasteiger partial charge in [-0.2, -0.15) is 5.26 Å². The van der Waals surface area contributed by atoms with E-state index in [1.165, 1.54) is 17.7 Å². The molecule has 0 bridgehead atoms. The number of benzene rings is 2. The summed E-state index contributed by atoms with van der Waals surface area (Å²) in [7, 11) is 0. The quantitative estimate of drug-likeness (QED) is 0.884. The number of aryl methyl sites for hydroxylation is 1. The van der Waals surface area contributed by atoms with Crippen LogP contribution in [0.1, 0.15) is 18.9 Å².